The number of sulfonamides is 1. The second-order valence-corrected chi connectivity index (χ2v) is 12.6. The number of halogens is 6. The number of nitrogens with zero attached hydrogens (tertiary/aromatic N) is 3. The molecule has 0 spiro atoms. The van der Waals surface area contributed by atoms with Gasteiger partial charge in [-0.05, 0) is 80.4 Å². The van der Waals surface area contributed by atoms with Crippen LogP contribution in [-0.2, 0) is 14.8 Å². The summed E-state index contributed by atoms with van der Waals surface area (Å²) in [6, 6.07) is 9.89. The quantitative estimate of drug-likeness (QED) is 0.309. The molecule has 8 nitrogen and oxygen atoms in total. The molecule has 3 aliphatic rings. The lowest BCUT2D eigenvalue weighted by Gasteiger charge is -2.49. The van der Waals surface area contributed by atoms with Crippen LogP contribution in [0.4, 0.5) is 24.5 Å². The molecule has 3 aromatic rings. The van der Waals surface area contributed by atoms with Gasteiger partial charge in [0.1, 0.15) is 11.4 Å². The van der Waals surface area contributed by atoms with Gasteiger partial charge in [0.2, 0.25) is 5.88 Å². The molecule has 0 saturated carbocycles. The van der Waals surface area contributed by atoms with E-state index in [-0.39, 0.29) is 48.9 Å². The van der Waals surface area contributed by atoms with Crippen molar-refractivity contribution in [3.05, 3.63) is 69.8 Å². The topological polar surface area (TPSA) is 91.8 Å². The molecule has 0 radical (unpaired) electrons. The van der Waals surface area contributed by atoms with Gasteiger partial charge in [-0.25, -0.2) is 13.4 Å². The van der Waals surface area contributed by atoms with Gasteiger partial charge in [0, 0.05) is 18.4 Å². The normalized spacial score (nSPS) is 20.5. The molecular formula is C26H22Cl3F3N4O4S. The van der Waals surface area contributed by atoms with Crippen molar-refractivity contribution in [3.8, 4) is 11.6 Å². The molecule has 3 saturated heterocycles. The molecular weight excluding hydrogens is 628 g/mol. The summed E-state index contributed by atoms with van der Waals surface area (Å²) in [5.41, 5.74) is -0.0307. The number of pyridine rings is 1. The van der Waals surface area contributed by atoms with E-state index < -0.39 is 28.1 Å². The van der Waals surface area contributed by atoms with Gasteiger partial charge in [-0.2, -0.15) is 13.2 Å². The van der Waals surface area contributed by atoms with Crippen molar-refractivity contribution in [2.45, 2.75) is 30.0 Å². The minimum absolute atomic E-state index is 0.0339. The van der Waals surface area contributed by atoms with Crippen molar-refractivity contribution in [3.63, 3.8) is 0 Å². The number of hydrogen-bond acceptors (Lipinski definition) is 6. The molecule has 2 bridgehead atoms. The third kappa shape index (κ3) is 6.51. The van der Waals surface area contributed by atoms with Gasteiger partial charge >= 0.3 is 12.1 Å². The molecule has 1 aromatic heterocycles. The molecule has 6 rings (SSSR count). The summed E-state index contributed by atoms with van der Waals surface area (Å²) in [6.07, 6.45) is -2.37. The molecule has 218 valence electrons. The predicted molar refractivity (Wildman–Crippen MR) is 150 cm³/mol. The summed E-state index contributed by atoms with van der Waals surface area (Å²) in [5, 5.41) is 0.316. The van der Waals surface area contributed by atoms with Crippen LogP contribution in [0.3, 0.4) is 0 Å². The Morgan fingerprint density at radius 2 is 1.71 bits per heavy atom. The number of anilines is 2. The SMILES string of the molecule is O=C(N(c1ccc(Oc2ncc(Cl)cc2NS(=O)(=O)c2ccc(Cl)c(Cl)c2)cc1)C1CN2CCC1CC2)C(F)(F)F. The molecule has 15 heteroatoms. The first-order valence-electron chi connectivity index (χ1n) is 12.4. The molecule has 0 aliphatic carbocycles. The van der Waals surface area contributed by atoms with Gasteiger partial charge < -0.3 is 9.64 Å². The second kappa shape index (κ2) is 11.5. The number of benzene rings is 2. The number of nitrogens with one attached hydrogen (secondary N) is 1. The van der Waals surface area contributed by atoms with Gasteiger partial charge in [-0.15, -0.1) is 0 Å². The Balaban J connectivity index is 1.40. The van der Waals surface area contributed by atoms with E-state index in [0.29, 0.717) is 6.54 Å². The Morgan fingerprint density at radius 3 is 2.29 bits per heavy atom. The lowest BCUT2D eigenvalue weighted by atomic mass is 9.83. The molecule has 2 aromatic carbocycles. The molecule has 4 heterocycles. The molecule has 1 unspecified atom stereocenters. The Hall–Kier alpha value is -2.77. The van der Waals surface area contributed by atoms with E-state index in [1.807, 2.05) is 0 Å². The summed E-state index contributed by atoms with van der Waals surface area (Å²) >= 11 is 17.9. The van der Waals surface area contributed by atoms with E-state index in [1.54, 1.807) is 0 Å². The largest absolute Gasteiger partial charge is 0.471 e. The third-order valence-electron chi connectivity index (χ3n) is 7.01. The highest BCUT2D eigenvalue weighted by Gasteiger charge is 2.49. The zero-order chi connectivity index (χ0) is 29.5. The Bertz CT molecular complexity index is 1570. The van der Waals surface area contributed by atoms with Crippen LogP contribution in [0.2, 0.25) is 15.1 Å². The minimum atomic E-state index is -5.05. The molecule has 1 amide bonds. The number of carbonyl (C=O) groups excluding carboxylic acids is 1. The van der Waals surface area contributed by atoms with E-state index in [2.05, 4.69) is 14.6 Å². The maximum Gasteiger partial charge on any atom is 0.471 e. The number of aromatic nitrogens is 1. The number of alkyl halides is 3. The zero-order valence-electron chi connectivity index (χ0n) is 21.0. The van der Waals surface area contributed by atoms with Crippen LogP contribution in [0.15, 0.2) is 59.6 Å². The monoisotopic (exact) mass is 648 g/mol. The number of ether oxygens (including phenoxy) is 1. The highest BCUT2D eigenvalue weighted by atomic mass is 35.5. The summed E-state index contributed by atoms with van der Waals surface area (Å²) in [7, 11) is -4.17. The van der Waals surface area contributed by atoms with Crippen LogP contribution in [0.5, 0.6) is 11.6 Å². The van der Waals surface area contributed by atoms with E-state index in [4.69, 9.17) is 39.5 Å². The van der Waals surface area contributed by atoms with Gasteiger partial charge in [0.15, 0.2) is 0 Å². The Labute approximate surface area is 249 Å². The fourth-order valence-electron chi connectivity index (χ4n) is 5.04. The molecule has 3 fully saturated rings. The maximum atomic E-state index is 13.6. The minimum Gasteiger partial charge on any atom is -0.437 e. The van der Waals surface area contributed by atoms with Crippen LogP contribution in [0, 0.1) is 5.92 Å². The first kappa shape index (κ1) is 29.7. The van der Waals surface area contributed by atoms with E-state index >= 15 is 0 Å². The highest BCUT2D eigenvalue weighted by molar-refractivity contribution is 7.92. The van der Waals surface area contributed by atoms with E-state index in [1.165, 1.54) is 54.7 Å². The lowest BCUT2D eigenvalue weighted by molar-refractivity contribution is -0.171. The van der Waals surface area contributed by atoms with Gasteiger partial charge in [0.25, 0.3) is 10.0 Å². The van der Waals surface area contributed by atoms with Gasteiger partial charge in [0.05, 0.1) is 26.0 Å². The van der Waals surface area contributed by atoms with Crippen molar-refractivity contribution in [2.75, 3.05) is 29.3 Å². The van der Waals surface area contributed by atoms with Crippen LogP contribution in [-0.4, -0.2) is 56.1 Å². The standard InChI is InChI=1S/C26H22Cl3F3N4O4S/c27-16-11-22(34-41(38,39)19-5-6-20(28)21(29)12-19)24(33-13-16)40-18-3-1-17(2-4-18)36(25(37)26(30,31)32)23-14-35-9-7-15(23)8-10-35/h1-6,11-13,15,23,34H,7-10,14H2. The summed E-state index contributed by atoms with van der Waals surface area (Å²) in [6.45, 7) is 1.96. The van der Waals surface area contributed by atoms with E-state index in [0.717, 1.165) is 30.8 Å². The Kier molecular flexibility index (Phi) is 8.32. The summed E-state index contributed by atoms with van der Waals surface area (Å²) in [5.74, 6) is -2.01. The number of carbonyl (C=O) groups is 1. The Morgan fingerprint density at radius 1 is 1.02 bits per heavy atom. The second-order valence-electron chi connectivity index (χ2n) is 9.66. The molecule has 1 N–H and O–H groups in total. The fourth-order valence-corrected chi connectivity index (χ4v) is 6.63. The molecule has 1 atom stereocenters. The van der Waals surface area contributed by atoms with Gasteiger partial charge in [-0.1, -0.05) is 34.8 Å². The van der Waals surface area contributed by atoms with Crippen molar-refractivity contribution in [2.24, 2.45) is 5.92 Å². The number of hydrogen-bond donors (Lipinski definition) is 1. The average molecular weight is 650 g/mol. The van der Waals surface area contributed by atoms with Crippen molar-refractivity contribution in [1.82, 2.24) is 9.88 Å². The lowest BCUT2D eigenvalue weighted by Crippen LogP contribution is -2.61. The van der Waals surface area contributed by atoms with Gasteiger partial charge in [-0.3, -0.25) is 14.4 Å². The fraction of sp³-hybridized carbons (Fsp3) is 0.308. The third-order valence-corrected chi connectivity index (χ3v) is 9.32. The first-order chi connectivity index (χ1) is 19.3. The van der Waals surface area contributed by atoms with Crippen LogP contribution in [0.25, 0.3) is 0 Å². The van der Waals surface area contributed by atoms with Crippen molar-refractivity contribution < 1.29 is 31.1 Å². The van der Waals surface area contributed by atoms with Crippen LogP contribution >= 0.6 is 34.8 Å². The van der Waals surface area contributed by atoms with Crippen LogP contribution in [0.1, 0.15) is 12.8 Å². The summed E-state index contributed by atoms with van der Waals surface area (Å²) in [4.78, 5) is 19.3. The average Bonchev–Trinajstić information content (AvgIpc) is 2.92. The van der Waals surface area contributed by atoms with Crippen LogP contribution < -0.4 is 14.4 Å². The van der Waals surface area contributed by atoms with Crippen molar-refractivity contribution >= 4 is 62.1 Å². The number of fused-ring (bicyclic) bond motifs is 3. The number of piperidine rings is 3. The smallest absolute Gasteiger partial charge is 0.437 e. The first-order valence-corrected chi connectivity index (χ1v) is 15.0. The number of amides is 1. The predicted octanol–water partition coefficient (Wildman–Crippen LogP) is 6.62. The van der Waals surface area contributed by atoms with E-state index in [9.17, 15) is 26.4 Å². The molecule has 3 aliphatic heterocycles. The zero-order valence-corrected chi connectivity index (χ0v) is 24.1. The van der Waals surface area contributed by atoms with Crippen molar-refractivity contribution in [1.29, 1.82) is 0 Å². The molecule has 41 heavy (non-hydrogen) atoms. The highest BCUT2D eigenvalue weighted by Crippen LogP contribution is 2.38. The number of rotatable bonds is 7. The summed E-state index contributed by atoms with van der Waals surface area (Å²) < 4.78 is 74.9. The maximum absolute atomic E-state index is 13.6.